The van der Waals surface area contributed by atoms with Crippen LogP contribution in [0.2, 0.25) is 0 Å². The number of nitrogens with one attached hydrogen (secondary N) is 1. The van der Waals surface area contributed by atoms with Crippen LogP contribution in [-0.2, 0) is 18.4 Å². The van der Waals surface area contributed by atoms with Crippen molar-refractivity contribution >= 4 is 17.4 Å². The Bertz CT molecular complexity index is 907. The third kappa shape index (κ3) is 6.96. The van der Waals surface area contributed by atoms with Crippen LogP contribution in [-0.4, -0.2) is 36.9 Å². The molecule has 1 atom stereocenters. The number of benzene rings is 1. The van der Waals surface area contributed by atoms with E-state index in [1.165, 1.54) is 36.4 Å². The van der Waals surface area contributed by atoms with E-state index in [4.69, 9.17) is 4.74 Å². The highest BCUT2D eigenvalue weighted by atomic mass is 35.5. The largest absolute Gasteiger partial charge is 0.496 e. The van der Waals surface area contributed by atoms with Crippen LogP contribution in [0.5, 0.6) is 5.75 Å². The molecule has 2 rings (SSSR count). The fourth-order valence-electron chi connectivity index (χ4n) is 3.96. The van der Waals surface area contributed by atoms with Crippen LogP contribution in [0.1, 0.15) is 45.2 Å². The van der Waals surface area contributed by atoms with Crippen molar-refractivity contribution in [3.05, 3.63) is 53.5 Å². The molecular weight excluding hydrogens is 460 g/mol. The molecule has 1 heterocycles. The number of ether oxygens (including phenoxy) is 1. The maximum Gasteiger partial charge on any atom is 0.421 e. The van der Waals surface area contributed by atoms with Gasteiger partial charge in [-0.2, -0.15) is 13.2 Å². The lowest BCUT2D eigenvalue weighted by Crippen LogP contribution is -2.59. The molecule has 4 nitrogen and oxygen atoms in total. The second-order valence-corrected chi connectivity index (χ2v) is 8.33. The Morgan fingerprint density at radius 2 is 1.76 bits per heavy atom. The number of methoxy groups -OCH3 is 1. The minimum Gasteiger partial charge on any atom is -0.496 e. The van der Waals surface area contributed by atoms with E-state index in [1.54, 1.807) is 19.9 Å². The molecule has 33 heavy (non-hydrogen) atoms. The molecule has 1 aromatic carbocycles. The summed E-state index contributed by atoms with van der Waals surface area (Å²) in [5, 5.41) is 14.1. The second-order valence-electron chi connectivity index (χ2n) is 8.33. The number of nitrogens with zero attached hydrogens (tertiary/aromatic N) is 1. The van der Waals surface area contributed by atoms with Crippen molar-refractivity contribution in [2.45, 2.75) is 64.3 Å². The number of halogens is 5. The molecule has 1 aromatic heterocycles. The molecule has 186 valence electrons. The quantitative estimate of drug-likeness (QED) is 0.270. The summed E-state index contributed by atoms with van der Waals surface area (Å²) in [6.07, 6.45) is -1.98. The SMILES string of the molecule is CCNc1c(CC)ccc[n+]1CC(O)(CC(C)(C)c1cc(F)ccc1OC)C(F)(F)F.CCl. The first-order chi connectivity index (χ1) is 15.4. The van der Waals surface area contributed by atoms with Crippen molar-refractivity contribution in [2.24, 2.45) is 0 Å². The van der Waals surface area contributed by atoms with E-state index in [0.29, 0.717) is 18.8 Å². The number of alkyl halides is 4. The molecule has 9 heteroatoms. The van der Waals surface area contributed by atoms with Crippen LogP contribution < -0.4 is 14.6 Å². The van der Waals surface area contributed by atoms with E-state index >= 15 is 0 Å². The molecule has 0 aliphatic rings. The molecule has 1 unspecified atom stereocenters. The maximum absolute atomic E-state index is 14.2. The van der Waals surface area contributed by atoms with E-state index < -0.39 is 36.0 Å². The first-order valence-electron chi connectivity index (χ1n) is 10.6. The van der Waals surface area contributed by atoms with Gasteiger partial charge in [0.25, 0.3) is 5.82 Å². The van der Waals surface area contributed by atoms with E-state index in [1.807, 2.05) is 19.9 Å². The van der Waals surface area contributed by atoms with Gasteiger partial charge < -0.3 is 9.84 Å². The summed E-state index contributed by atoms with van der Waals surface area (Å²) in [5.41, 5.74) is -3.19. The average molecular weight is 494 g/mol. The molecular formula is C24H34ClF4N2O2+. The number of aryl methyl sites for hydroxylation is 1. The fourth-order valence-corrected chi connectivity index (χ4v) is 3.96. The Labute approximate surface area is 198 Å². The fraction of sp³-hybridized carbons (Fsp3) is 0.542. The van der Waals surface area contributed by atoms with Gasteiger partial charge in [-0.05, 0) is 55.5 Å². The summed E-state index contributed by atoms with van der Waals surface area (Å²) in [5.74, 6) is 0.222. The highest BCUT2D eigenvalue weighted by molar-refractivity contribution is 6.15. The van der Waals surface area contributed by atoms with Crippen molar-refractivity contribution in [3.63, 3.8) is 0 Å². The Hall–Kier alpha value is -2.06. The van der Waals surface area contributed by atoms with Gasteiger partial charge in [0.1, 0.15) is 18.1 Å². The minimum absolute atomic E-state index is 0.261. The summed E-state index contributed by atoms with van der Waals surface area (Å²) in [6, 6.07) is 7.22. The number of aromatic nitrogens is 1. The van der Waals surface area contributed by atoms with E-state index in [2.05, 4.69) is 16.9 Å². The Morgan fingerprint density at radius 3 is 2.27 bits per heavy atom. The van der Waals surface area contributed by atoms with Crippen LogP contribution in [0, 0.1) is 5.82 Å². The normalized spacial score (nSPS) is 13.6. The molecule has 0 amide bonds. The van der Waals surface area contributed by atoms with Crippen LogP contribution in [0.15, 0.2) is 36.5 Å². The van der Waals surface area contributed by atoms with Crippen LogP contribution in [0.3, 0.4) is 0 Å². The smallest absolute Gasteiger partial charge is 0.421 e. The number of hydrogen-bond donors (Lipinski definition) is 2. The van der Waals surface area contributed by atoms with Gasteiger partial charge in [0.2, 0.25) is 0 Å². The van der Waals surface area contributed by atoms with Gasteiger partial charge in [0.05, 0.1) is 19.9 Å². The standard InChI is InChI=1S/C23H30F4N2O2.CH3Cl/c1-6-16-9-8-12-29(20(16)28-7-2)15-22(30,23(25,26)27)14-21(3,4)18-13-17(24)10-11-19(18)31-5;1-2/h8-13,30H,6-7,14-15H2,1-5H3;1H3/p+1. The molecule has 0 spiro atoms. The van der Waals surface area contributed by atoms with Crippen molar-refractivity contribution in [3.8, 4) is 5.75 Å². The number of anilines is 1. The maximum atomic E-state index is 14.2. The van der Waals surface area contributed by atoms with Crippen molar-refractivity contribution in [1.29, 1.82) is 0 Å². The highest BCUT2D eigenvalue weighted by Gasteiger charge is 2.58. The molecule has 0 fully saturated rings. The molecule has 0 saturated heterocycles. The van der Waals surface area contributed by atoms with Crippen molar-refractivity contribution < 1.29 is 32.0 Å². The van der Waals surface area contributed by atoms with E-state index in [9.17, 15) is 22.7 Å². The Kier molecular flexibility index (Phi) is 10.4. The lowest BCUT2D eigenvalue weighted by Gasteiger charge is -2.37. The lowest BCUT2D eigenvalue weighted by atomic mass is 9.74. The molecule has 0 radical (unpaired) electrons. The average Bonchev–Trinajstić information content (AvgIpc) is 2.75. The highest BCUT2D eigenvalue weighted by Crippen LogP contribution is 2.44. The number of hydrogen-bond acceptors (Lipinski definition) is 3. The zero-order valence-electron chi connectivity index (χ0n) is 20.0. The molecule has 0 saturated carbocycles. The molecule has 0 aliphatic heterocycles. The van der Waals surface area contributed by atoms with Gasteiger partial charge in [-0.15, -0.1) is 11.6 Å². The van der Waals surface area contributed by atoms with Crippen LogP contribution >= 0.6 is 11.6 Å². The zero-order valence-corrected chi connectivity index (χ0v) is 20.7. The summed E-state index contributed by atoms with van der Waals surface area (Å²) in [7, 11) is 1.37. The van der Waals surface area contributed by atoms with Gasteiger partial charge in [-0.1, -0.05) is 20.8 Å². The van der Waals surface area contributed by atoms with E-state index in [-0.39, 0.29) is 11.3 Å². The minimum atomic E-state index is -4.91. The number of aliphatic hydroxyl groups is 1. The van der Waals surface area contributed by atoms with Gasteiger partial charge in [0.15, 0.2) is 5.60 Å². The van der Waals surface area contributed by atoms with Gasteiger partial charge in [-0.3, -0.25) is 5.32 Å². The van der Waals surface area contributed by atoms with Gasteiger partial charge >= 0.3 is 6.18 Å². The van der Waals surface area contributed by atoms with Crippen molar-refractivity contribution in [2.75, 3.05) is 25.4 Å². The number of pyridine rings is 1. The predicted octanol–water partition coefficient (Wildman–Crippen LogP) is 5.63. The van der Waals surface area contributed by atoms with Crippen molar-refractivity contribution in [1.82, 2.24) is 0 Å². The summed E-state index contributed by atoms with van der Waals surface area (Å²) in [6.45, 7) is 6.67. The van der Waals surface area contributed by atoms with Crippen LogP contribution in [0.25, 0.3) is 0 Å². The van der Waals surface area contributed by atoms with E-state index in [0.717, 1.165) is 11.6 Å². The van der Waals surface area contributed by atoms with Gasteiger partial charge in [0, 0.05) is 17.5 Å². The summed E-state index contributed by atoms with van der Waals surface area (Å²) >= 11 is 4.64. The first-order valence-corrected chi connectivity index (χ1v) is 11.4. The molecule has 0 aliphatic carbocycles. The Balaban J connectivity index is 0.00000265. The predicted molar refractivity (Wildman–Crippen MR) is 124 cm³/mol. The topological polar surface area (TPSA) is 45.4 Å². The monoisotopic (exact) mass is 493 g/mol. The third-order valence-corrected chi connectivity index (χ3v) is 5.46. The molecule has 2 aromatic rings. The first kappa shape index (κ1) is 29.0. The number of rotatable bonds is 9. The summed E-state index contributed by atoms with van der Waals surface area (Å²) < 4.78 is 63.2. The molecule has 2 N–H and O–H groups in total. The Morgan fingerprint density at radius 1 is 1.12 bits per heavy atom. The lowest BCUT2D eigenvalue weighted by molar-refractivity contribution is -0.704. The molecule has 0 bridgehead atoms. The summed E-state index contributed by atoms with van der Waals surface area (Å²) in [4.78, 5) is 0. The second kappa shape index (κ2) is 11.9. The van der Waals surface area contributed by atoms with Gasteiger partial charge in [-0.25, -0.2) is 8.96 Å². The van der Waals surface area contributed by atoms with Crippen LogP contribution in [0.4, 0.5) is 23.4 Å². The zero-order chi connectivity index (χ0) is 25.4. The third-order valence-electron chi connectivity index (χ3n) is 5.46.